The number of H-pyrrole nitrogens is 1. The minimum Gasteiger partial charge on any atom is -0.372 e. The van der Waals surface area contributed by atoms with Gasteiger partial charge in [-0.15, -0.1) is 0 Å². The average molecular weight is 251 g/mol. The standard InChI is InChI=1S/C12H21N5O/c1-14-12-6-10(16-17-12)11(18)7-15-9-5-3-2-4-8(9)13/h6,8-9,15H,2-5,7,13H2,1H3,(H2,14,16,17). The Kier molecular flexibility index (Phi) is 4.33. The molecule has 1 aliphatic carbocycles. The molecule has 0 spiro atoms. The summed E-state index contributed by atoms with van der Waals surface area (Å²) in [4.78, 5) is 11.9. The van der Waals surface area contributed by atoms with Gasteiger partial charge in [0.05, 0.1) is 6.54 Å². The number of aromatic amines is 1. The Morgan fingerprint density at radius 1 is 1.56 bits per heavy atom. The predicted molar refractivity (Wildman–Crippen MR) is 70.7 cm³/mol. The Bertz CT molecular complexity index is 403. The number of ketones is 1. The molecule has 2 unspecified atom stereocenters. The van der Waals surface area contributed by atoms with Crippen LogP contribution in [-0.2, 0) is 0 Å². The second kappa shape index (κ2) is 5.97. The van der Waals surface area contributed by atoms with Crippen LogP contribution in [0, 0.1) is 0 Å². The van der Waals surface area contributed by atoms with Crippen LogP contribution in [0.15, 0.2) is 6.07 Å². The van der Waals surface area contributed by atoms with Gasteiger partial charge in [-0.1, -0.05) is 12.8 Å². The van der Waals surface area contributed by atoms with Crippen LogP contribution < -0.4 is 16.4 Å². The average Bonchev–Trinajstić information content (AvgIpc) is 2.86. The Hall–Kier alpha value is -1.40. The van der Waals surface area contributed by atoms with Gasteiger partial charge < -0.3 is 16.4 Å². The van der Waals surface area contributed by atoms with Gasteiger partial charge in [-0.05, 0) is 12.8 Å². The van der Waals surface area contributed by atoms with Gasteiger partial charge in [0.1, 0.15) is 11.5 Å². The molecule has 0 aliphatic heterocycles. The van der Waals surface area contributed by atoms with Gasteiger partial charge in [-0.3, -0.25) is 9.89 Å². The maximum absolute atomic E-state index is 11.9. The van der Waals surface area contributed by atoms with Crippen LogP contribution in [0.3, 0.4) is 0 Å². The summed E-state index contributed by atoms with van der Waals surface area (Å²) in [5.41, 5.74) is 6.55. The second-order valence-corrected chi connectivity index (χ2v) is 4.78. The molecule has 0 aromatic carbocycles. The molecule has 6 heteroatoms. The smallest absolute Gasteiger partial charge is 0.194 e. The molecule has 18 heavy (non-hydrogen) atoms. The molecule has 0 saturated heterocycles. The van der Waals surface area contributed by atoms with E-state index in [-0.39, 0.29) is 17.9 Å². The van der Waals surface area contributed by atoms with Crippen molar-refractivity contribution in [3.8, 4) is 0 Å². The van der Waals surface area contributed by atoms with Crippen LogP contribution >= 0.6 is 0 Å². The lowest BCUT2D eigenvalue weighted by atomic mass is 9.91. The lowest BCUT2D eigenvalue weighted by Crippen LogP contribution is -2.48. The normalized spacial score (nSPS) is 23.9. The van der Waals surface area contributed by atoms with Crippen molar-refractivity contribution in [2.24, 2.45) is 5.73 Å². The molecule has 6 nitrogen and oxygen atoms in total. The lowest BCUT2D eigenvalue weighted by Gasteiger charge is -2.29. The fraction of sp³-hybridized carbons (Fsp3) is 0.667. The quantitative estimate of drug-likeness (QED) is 0.571. The molecule has 1 heterocycles. The summed E-state index contributed by atoms with van der Waals surface area (Å²) >= 11 is 0. The summed E-state index contributed by atoms with van der Waals surface area (Å²) in [5.74, 6) is 0.689. The van der Waals surface area contributed by atoms with Gasteiger partial charge >= 0.3 is 0 Å². The predicted octanol–water partition coefficient (Wildman–Crippen LogP) is 0.494. The van der Waals surface area contributed by atoms with Gasteiger partial charge in [0.15, 0.2) is 5.78 Å². The number of rotatable bonds is 5. The third kappa shape index (κ3) is 3.08. The topological polar surface area (TPSA) is 95.8 Å². The van der Waals surface area contributed by atoms with Crippen molar-refractivity contribution < 1.29 is 4.79 Å². The Morgan fingerprint density at radius 2 is 2.33 bits per heavy atom. The number of nitrogens with two attached hydrogens (primary N) is 1. The van der Waals surface area contributed by atoms with Gasteiger partial charge in [-0.25, -0.2) is 0 Å². The molecular formula is C12H21N5O. The summed E-state index contributed by atoms with van der Waals surface area (Å²) in [7, 11) is 1.77. The van der Waals surface area contributed by atoms with Crippen molar-refractivity contribution in [3.05, 3.63) is 11.8 Å². The number of hydrogen-bond donors (Lipinski definition) is 4. The Labute approximate surface area is 107 Å². The van der Waals surface area contributed by atoms with E-state index < -0.39 is 0 Å². The first kappa shape index (κ1) is 13.0. The highest BCUT2D eigenvalue weighted by Gasteiger charge is 2.22. The van der Waals surface area contributed by atoms with E-state index in [1.807, 2.05) is 0 Å². The van der Waals surface area contributed by atoms with E-state index in [0.717, 1.165) is 12.8 Å². The van der Waals surface area contributed by atoms with E-state index in [9.17, 15) is 4.79 Å². The first-order chi connectivity index (χ1) is 8.70. The summed E-state index contributed by atoms with van der Waals surface area (Å²) in [6.07, 6.45) is 4.48. The number of carbonyl (C=O) groups is 1. The van der Waals surface area contributed by atoms with Crippen molar-refractivity contribution in [2.45, 2.75) is 37.8 Å². The third-order valence-electron chi connectivity index (χ3n) is 3.48. The molecular weight excluding hydrogens is 230 g/mol. The molecule has 2 rings (SSSR count). The highest BCUT2D eigenvalue weighted by Crippen LogP contribution is 2.16. The molecule has 5 N–H and O–H groups in total. The molecule has 2 atom stereocenters. The fourth-order valence-corrected chi connectivity index (χ4v) is 2.32. The van der Waals surface area contributed by atoms with Crippen LogP contribution in [0.2, 0.25) is 0 Å². The van der Waals surface area contributed by atoms with Crippen molar-refractivity contribution >= 4 is 11.6 Å². The number of nitrogens with one attached hydrogen (secondary N) is 3. The lowest BCUT2D eigenvalue weighted by molar-refractivity contribution is 0.0978. The highest BCUT2D eigenvalue weighted by molar-refractivity contribution is 5.96. The fourth-order valence-electron chi connectivity index (χ4n) is 2.32. The van der Waals surface area contributed by atoms with Gasteiger partial charge in [0.2, 0.25) is 0 Å². The zero-order valence-electron chi connectivity index (χ0n) is 10.7. The van der Waals surface area contributed by atoms with Crippen molar-refractivity contribution in [3.63, 3.8) is 0 Å². The molecule has 1 aromatic rings. The van der Waals surface area contributed by atoms with E-state index in [4.69, 9.17) is 5.73 Å². The number of Topliss-reactive ketones (excluding diaryl/α,β-unsaturated/α-hetero) is 1. The number of nitrogens with zero attached hydrogens (tertiary/aromatic N) is 1. The van der Waals surface area contributed by atoms with E-state index in [2.05, 4.69) is 20.8 Å². The Morgan fingerprint density at radius 3 is 3.00 bits per heavy atom. The van der Waals surface area contributed by atoms with Crippen LogP contribution in [-0.4, -0.2) is 41.7 Å². The van der Waals surface area contributed by atoms with Crippen molar-refractivity contribution in [1.82, 2.24) is 15.5 Å². The number of anilines is 1. The molecule has 1 aliphatic rings. The first-order valence-electron chi connectivity index (χ1n) is 6.46. The maximum Gasteiger partial charge on any atom is 0.194 e. The molecule has 1 fully saturated rings. The zero-order valence-corrected chi connectivity index (χ0v) is 10.7. The molecule has 0 radical (unpaired) electrons. The van der Waals surface area contributed by atoms with Crippen molar-refractivity contribution in [1.29, 1.82) is 0 Å². The van der Waals surface area contributed by atoms with Gasteiger partial charge in [-0.2, -0.15) is 5.10 Å². The highest BCUT2D eigenvalue weighted by atomic mass is 16.1. The van der Waals surface area contributed by atoms with Gasteiger partial charge in [0.25, 0.3) is 0 Å². The van der Waals surface area contributed by atoms with E-state index in [1.165, 1.54) is 12.8 Å². The molecule has 100 valence electrons. The van der Waals surface area contributed by atoms with Crippen LogP contribution in [0.25, 0.3) is 0 Å². The molecule has 0 amide bonds. The minimum absolute atomic E-state index is 0.0155. The summed E-state index contributed by atoms with van der Waals surface area (Å²) in [6.45, 7) is 0.309. The van der Waals surface area contributed by atoms with Crippen LogP contribution in [0.5, 0.6) is 0 Å². The summed E-state index contributed by atoms with van der Waals surface area (Å²) in [5, 5.41) is 12.8. The van der Waals surface area contributed by atoms with E-state index in [1.54, 1.807) is 13.1 Å². The largest absolute Gasteiger partial charge is 0.372 e. The van der Waals surface area contributed by atoms with E-state index in [0.29, 0.717) is 18.1 Å². The monoisotopic (exact) mass is 251 g/mol. The number of aromatic nitrogens is 2. The maximum atomic E-state index is 11.9. The van der Waals surface area contributed by atoms with Gasteiger partial charge in [0, 0.05) is 25.2 Å². The Balaban J connectivity index is 1.84. The summed E-state index contributed by atoms with van der Waals surface area (Å²) in [6, 6.07) is 2.14. The second-order valence-electron chi connectivity index (χ2n) is 4.78. The molecule has 0 bridgehead atoms. The first-order valence-corrected chi connectivity index (χ1v) is 6.46. The van der Waals surface area contributed by atoms with Crippen LogP contribution in [0.4, 0.5) is 5.82 Å². The van der Waals surface area contributed by atoms with E-state index >= 15 is 0 Å². The summed E-state index contributed by atoms with van der Waals surface area (Å²) < 4.78 is 0. The number of hydrogen-bond acceptors (Lipinski definition) is 5. The van der Waals surface area contributed by atoms with Crippen molar-refractivity contribution in [2.75, 3.05) is 18.9 Å². The molecule has 1 aromatic heterocycles. The zero-order chi connectivity index (χ0) is 13.0. The minimum atomic E-state index is 0.0155. The van der Waals surface area contributed by atoms with Crippen LogP contribution in [0.1, 0.15) is 36.2 Å². The third-order valence-corrected chi connectivity index (χ3v) is 3.48. The SMILES string of the molecule is CNc1cc(C(=O)CNC2CCCCC2N)[nH]n1. The number of carbonyl (C=O) groups excluding carboxylic acids is 1. The molecule has 1 saturated carbocycles.